The molecule has 0 aliphatic carbocycles. The van der Waals surface area contributed by atoms with Gasteiger partial charge in [0.15, 0.2) is 5.96 Å². The van der Waals surface area contributed by atoms with Gasteiger partial charge in [-0.15, -0.1) is 0 Å². The van der Waals surface area contributed by atoms with E-state index in [4.69, 9.17) is 4.42 Å². The number of hydrogen-bond donors (Lipinski definition) is 2. The normalized spacial score (nSPS) is 17.3. The van der Waals surface area contributed by atoms with Crippen molar-refractivity contribution in [2.24, 2.45) is 10.9 Å². The Labute approximate surface area is 174 Å². The molecule has 7 heteroatoms. The molecule has 1 aliphatic heterocycles. The Hall–Kier alpha value is -2.38. The Balaban J connectivity index is 1.39. The lowest BCUT2D eigenvalue weighted by Crippen LogP contribution is -2.48. The fourth-order valence-electron chi connectivity index (χ4n) is 3.56. The van der Waals surface area contributed by atoms with Gasteiger partial charge in [0.05, 0.1) is 12.2 Å². The first-order valence-corrected chi connectivity index (χ1v) is 10.6. The summed E-state index contributed by atoms with van der Waals surface area (Å²) in [5.74, 6) is 1.98. The number of rotatable bonds is 8. The van der Waals surface area contributed by atoms with Crippen molar-refractivity contribution in [3.63, 3.8) is 0 Å². The van der Waals surface area contributed by atoms with Gasteiger partial charge in [-0.1, -0.05) is 32.0 Å². The molecule has 1 atom stereocenters. The third-order valence-corrected chi connectivity index (χ3v) is 5.33. The summed E-state index contributed by atoms with van der Waals surface area (Å²) < 4.78 is 5.59. The SMILES string of the molecule is CCN1CCN(CC(C)CNC(=NC)NCc2coc(-c3ccccc3)n2)CC1. The van der Waals surface area contributed by atoms with Gasteiger partial charge in [0.25, 0.3) is 0 Å². The second-order valence-electron chi connectivity index (χ2n) is 7.66. The maximum Gasteiger partial charge on any atom is 0.226 e. The molecule has 1 fully saturated rings. The zero-order valence-corrected chi connectivity index (χ0v) is 17.9. The smallest absolute Gasteiger partial charge is 0.226 e. The van der Waals surface area contributed by atoms with Gasteiger partial charge in [-0.2, -0.15) is 0 Å². The van der Waals surface area contributed by atoms with Crippen molar-refractivity contribution in [3.05, 3.63) is 42.3 Å². The average molecular weight is 399 g/mol. The quantitative estimate of drug-likeness (QED) is 0.525. The number of nitrogens with one attached hydrogen (secondary N) is 2. The fourth-order valence-corrected chi connectivity index (χ4v) is 3.56. The van der Waals surface area contributed by atoms with Gasteiger partial charge in [0.2, 0.25) is 5.89 Å². The van der Waals surface area contributed by atoms with Crippen LogP contribution in [0.25, 0.3) is 11.5 Å². The molecule has 2 aromatic rings. The highest BCUT2D eigenvalue weighted by Gasteiger charge is 2.17. The molecular weight excluding hydrogens is 364 g/mol. The first-order chi connectivity index (χ1) is 14.2. The summed E-state index contributed by atoms with van der Waals surface area (Å²) in [6, 6.07) is 9.93. The molecule has 29 heavy (non-hydrogen) atoms. The number of piperazine rings is 1. The molecule has 7 nitrogen and oxygen atoms in total. The molecule has 1 aliphatic rings. The molecule has 1 unspecified atom stereocenters. The van der Waals surface area contributed by atoms with E-state index in [0.29, 0.717) is 18.4 Å². The van der Waals surface area contributed by atoms with Gasteiger partial charge in [-0.05, 0) is 24.6 Å². The van der Waals surface area contributed by atoms with E-state index in [1.807, 2.05) is 30.3 Å². The van der Waals surface area contributed by atoms with Crippen molar-refractivity contribution in [1.29, 1.82) is 0 Å². The predicted molar refractivity (Wildman–Crippen MR) is 118 cm³/mol. The number of aromatic nitrogens is 1. The highest BCUT2D eigenvalue weighted by Crippen LogP contribution is 2.17. The summed E-state index contributed by atoms with van der Waals surface area (Å²) in [4.78, 5) is 14.0. The topological polar surface area (TPSA) is 68.9 Å². The van der Waals surface area contributed by atoms with Crippen LogP contribution in [0, 0.1) is 5.92 Å². The summed E-state index contributed by atoms with van der Waals surface area (Å²) in [7, 11) is 1.79. The fraction of sp³-hybridized carbons (Fsp3) is 0.545. The van der Waals surface area contributed by atoms with E-state index in [9.17, 15) is 0 Å². The number of guanidine groups is 1. The third-order valence-electron chi connectivity index (χ3n) is 5.33. The summed E-state index contributed by atoms with van der Waals surface area (Å²) in [6.07, 6.45) is 1.70. The Morgan fingerprint density at radius 1 is 1.14 bits per heavy atom. The number of likely N-dealkylation sites (N-methyl/N-ethyl adjacent to an activating group) is 1. The van der Waals surface area contributed by atoms with Crippen LogP contribution < -0.4 is 10.6 Å². The molecule has 0 radical (unpaired) electrons. The van der Waals surface area contributed by atoms with Gasteiger partial charge >= 0.3 is 0 Å². The minimum atomic E-state index is 0.554. The summed E-state index contributed by atoms with van der Waals surface area (Å²) >= 11 is 0. The van der Waals surface area contributed by atoms with E-state index in [2.05, 4.69) is 44.3 Å². The standard InChI is InChI=1S/C22H34N6O/c1-4-27-10-12-28(13-11-27)16-18(2)14-24-22(23-3)25-15-20-17-29-21(26-20)19-8-6-5-7-9-19/h5-9,17-18H,4,10-16H2,1-3H3,(H2,23,24,25). The predicted octanol–water partition coefficient (Wildman–Crippen LogP) is 2.28. The van der Waals surface area contributed by atoms with E-state index >= 15 is 0 Å². The van der Waals surface area contributed by atoms with Gasteiger partial charge in [0.1, 0.15) is 6.26 Å². The van der Waals surface area contributed by atoms with Crippen molar-refractivity contribution >= 4 is 5.96 Å². The highest BCUT2D eigenvalue weighted by atomic mass is 16.3. The Bertz CT molecular complexity index is 752. The molecule has 0 saturated carbocycles. The molecule has 0 bridgehead atoms. The molecule has 1 aromatic carbocycles. The van der Waals surface area contributed by atoms with Crippen LogP contribution in [0.4, 0.5) is 0 Å². The van der Waals surface area contributed by atoms with Crippen LogP contribution in [0.15, 0.2) is 46.0 Å². The first kappa shape index (κ1) is 21.3. The largest absolute Gasteiger partial charge is 0.444 e. The van der Waals surface area contributed by atoms with Crippen LogP contribution in [0.5, 0.6) is 0 Å². The molecule has 1 aromatic heterocycles. The highest BCUT2D eigenvalue weighted by molar-refractivity contribution is 5.79. The van der Waals surface area contributed by atoms with Crippen LogP contribution in [-0.4, -0.2) is 73.6 Å². The molecule has 158 valence electrons. The van der Waals surface area contributed by atoms with Crippen LogP contribution >= 0.6 is 0 Å². The van der Waals surface area contributed by atoms with Crippen LogP contribution in [0.2, 0.25) is 0 Å². The van der Waals surface area contributed by atoms with E-state index in [0.717, 1.165) is 36.9 Å². The van der Waals surface area contributed by atoms with Crippen LogP contribution in [0.1, 0.15) is 19.5 Å². The molecule has 0 spiro atoms. The Morgan fingerprint density at radius 3 is 2.55 bits per heavy atom. The van der Waals surface area contributed by atoms with Crippen molar-refractivity contribution < 1.29 is 4.42 Å². The molecule has 3 rings (SSSR count). The van der Waals surface area contributed by atoms with Crippen molar-refractivity contribution in [3.8, 4) is 11.5 Å². The Kier molecular flexibility index (Phi) is 8.07. The minimum Gasteiger partial charge on any atom is -0.444 e. The van der Waals surface area contributed by atoms with Gasteiger partial charge in [-0.25, -0.2) is 4.98 Å². The number of aliphatic imine (C=N–C) groups is 1. The second kappa shape index (κ2) is 11.0. The molecule has 1 saturated heterocycles. The van der Waals surface area contributed by atoms with E-state index in [1.54, 1.807) is 13.3 Å². The lowest BCUT2D eigenvalue weighted by molar-refractivity contribution is 0.124. The Morgan fingerprint density at radius 2 is 1.86 bits per heavy atom. The molecule has 2 heterocycles. The maximum absolute atomic E-state index is 5.59. The number of hydrogen-bond acceptors (Lipinski definition) is 5. The van der Waals surface area contributed by atoms with Crippen LogP contribution in [0.3, 0.4) is 0 Å². The second-order valence-corrected chi connectivity index (χ2v) is 7.66. The van der Waals surface area contributed by atoms with Gasteiger partial charge in [0, 0.05) is 51.9 Å². The van der Waals surface area contributed by atoms with Gasteiger partial charge < -0.3 is 24.9 Å². The third kappa shape index (κ3) is 6.58. The van der Waals surface area contributed by atoms with E-state index in [-0.39, 0.29) is 0 Å². The first-order valence-electron chi connectivity index (χ1n) is 10.6. The lowest BCUT2D eigenvalue weighted by Gasteiger charge is -2.35. The molecular formula is C22H34N6O. The summed E-state index contributed by atoms with van der Waals surface area (Å²) in [5, 5.41) is 6.75. The van der Waals surface area contributed by atoms with E-state index < -0.39 is 0 Å². The summed E-state index contributed by atoms with van der Waals surface area (Å²) in [5.41, 5.74) is 1.84. The minimum absolute atomic E-state index is 0.554. The lowest BCUT2D eigenvalue weighted by atomic mass is 10.1. The molecule has 2 N–H and O–H groups in total. The van der Waals surface area contributed by atoms with Crippen molar-refractivity contribution in [1.82, 2.24) is 25.4 Å². The van der Waals surface area contributed by atoms with Crippen molar-refractivity contribution in [2.75, 3.05) is 52.9 Å². The molecule has 0 amide bonds. The van der Waals surface area contributed by atoms with E-state index in [1.165, 1.54) is 26.2 Å². The monoisotopic (exact) mass is 398 g/mol. The maximum atomic E-state index is 5.59. The van der Waals surface area contributed by atoms with Crippen molar-refractivity contribution in [2.45, 2.75) is 20.4 Å². The number of nitrogens with zero attached hydrogens (tertiary/aromatic N) is 4. The zero-order valence-electron chi connectivity index (χ0n) is 17.9. The zero-order chi connectivity index (χ0) is 20.5. The average Bonchev–Trinajstić information content (AvgIpc) is 3.24. The summed E-state index contributed by atoms with van der Waals surface area (Å²) in [6.45, 7) is 13.0. The number of oxazole rings is 1. The van der Waals surface area contributed by atoms with Gasteiger partial charge in [-0.3, -0.25) is 4.99 Å². The van der Waals surface area contributed by atoms with Crippen LogP contribution in [-0.2, 0) is 6.54 Å². The number of benzene rings is 1.